The lowest BCUT2D eigenvalue weighted by Gasteiger charge is -2.35. The molecule has 6 nitrogen and oxygen atoms in total. The molecule has 0 bridgehead atoms. The van der Waals surface area contributed by atoms with E-state index < -0.39 is 5.82 Å². The van der Waals surface area contributed by atoms with Gasteiger partial charge in [-0.3, -0.25) is 14.5 Å². The molecular weight excluding hydrogens is 433 g/mol. The number of para-hydroxylation sites is 1. The van der Waals surface area contributed by atoms with E-state index in [-0.39, 0.29) is 23.3 Å². The van der Waals surface area contributed by atoms with E-state index in [9.17, 15) is 14.0 Å². The minimum atomic E-state index is -0.499. The first kappa shape index (κ1) is 22.6. The van der Waals surface area contributed by atoms with E-state index >= 15 is 0 Å². The van der Waals surface area contributed by atoms with Gasteiger partial charge in [0.2, 0.25) is 5.91 Å². The second-order valence-corrected chi connectivity index (χ2v) is 8.82. The monoisotopic (exact) mass is 459 g/mol. The second kappa shape index (κ2) is 9.88. The van der Waals surface area contributed by atoms with Gasteiger partial charge in [0.1, 0.15) is 18.2 Å². The molecule has 2 aliphatic rings. The van der Waals surface area contributed by atoms with Gasteiger partial charge < -0.3 is 15.0 Å². The van der Waals surface area contributed by atoms with Crippen LogP contribution >= 0.6 is 11.6 Å². The summed E-state index contributed by atoms with van der Waals surface area (Å²) in [5.41, 5.74) is 0.568. The molecule has 1 N–H and O–H groups in total. The summed E-state index contributed by atoms with van der Waals surface area (Å²) in [5.74, 6) is 0.104. The zero-order valence-corrected chi connectivity index (χ0v) is 18.8. The molecule has 8 heteroatoms. The van der Waals surface area contributed by atoms with E-state index in [1.54, 1.807) is 11.0 Å². The molecule has 1 saturated carbocycles. The summed E-state index contributed by atoms with van der Waals surface area (Å²) in [7, 11) is 0. The van der Waals surface area contributed by atoms with Gasteiger partial charge in [-0.05, 0) is 42.7 Å². The van der Waals surface area contributed by atoms with Gasteiger partial charge in [0.05, 0.1) is 16.3 Å². The van der Waals surface area contributed by atoms with Crippen molar-refractivity contribution in [3.63, 3.8) is 0 Å². The van der Waals surface area contributed by atoms with Crippen LogP contribution in [0.15, 0.2) is 42.5 Å². The number of rotatable bonds is 7. The topological polar surface area (TPSA) is 61.9 Å². The lowest BCUT2D eigenvalue weighted by atomic mass is 10.1. The van der Waals surface area contributed by atoms with Crippen LogP contribution in [-0.4, -0.2) is 60.9 Å². The first-order valence-corrected chi connectivity index (χ1v) is 11.3. The quantitative estimate of drug-likeness (QED) is 0.682. The standard InChI is InChI=1S/C24H27ClFN3O3/c1-16-14-18(16)23(30)27-21-7-6-17(26)15-19(21)24(31)29-10-8-28(9-11-29)12-13-32-22-5-3-2-4-20(22)25/h2-7,15-16,18H,8-14H2,1H3,(H,27,30). The molecule has 2 fully saturated rings. The molecule has 2 aromatic rings. The number of carbonyl (C=O) groups is 2. The van der Waals surface area contributed by atoms with Crippen molar-refractivity contribution in [3.8, 4) is 5.75 Å². The minimum Gasteiger partial charge on any atom is -0.491 e. The third kappa shape index (κ3) is 5.40. The van der Waals surface area contributed by atoms with E-state index in [0.29, 0.717) is 61.7 Å². The smallest absolute Gasteiger partial charge is 0.256 e. The fraction of sp³-hybridized carbons (Fsp3) is 0.417. The Hall–Kier alpha value is -2.64. The van der Waals surface area contributed by atoms with Crippen molar-refractivity contribution >= 4 is 29.1 Å². The molecule has 4 rings (SSSR count). The number of nitrogens with zero attached hydrogens (tertiary/aromatic N) is 2. The summed E-state index contributed by atoms with van der Waals surface area (Å²) in [4.78, 5) is 29.3. The molecule has 0 spiro atoms. The fourth-order valence-corrected chi connectivity index (χ4v) is 4.10. The van der Waals surface area contributed by atoms with Crippen LogP contribution in [0, 0.1) is 17.7 Å². The van der Waals surface area contributed by atoms with Gasteiger partial charge in [-0.2, -0.15) is 0 Å². The largest absolute Gasteiger partial charge is 0.491 e. The molecule has 32 heavy (non-hydrogen) atoms. The van der Waals surface area contributed by atoms with Crippen LogP contribution in [-0.2, 0) is 4.79 Å². The van der Waals surface area contributed by atoms with Gasteiger partial charge in [-0.15, -0.1) is 0 Å². The summed E-state index contributed by atoms with van der Waals surface area (Å²) >= 11 is 6.11. The second-order valence-electron chi connectivity index (χ2n) is 8.41. The van der Waals surface area contributed by atoms with Gasteiger partial charge in [-0.1, -0.05) is 30.7 Å². The maximum atomic E-state index is 13.9. The molecule has 2 atom stereocenters. The van der Waals surface area contributed by atoms with Crippen LogP contribution in [0.3, 0.4) is 0 Å². The normalized spacial score (nSPS) is 20.7. The predicted octanol–water partition coefficient (Wildman–Crippen LogP) is 3.91. The van der Waals surface area contributed by atoms with Crippen molar-refractivity contribution < 1.29 is 18.7 Å². The molecule has 2 amide bonds. The lowest BCUT2D eigenvalue weighted by molar-refractivity contribution is -0.117. The Bertz CT molecular complexity index is 994. The number of piperazine rings is 1. The Kier molecular flexibility index (Phi) is 6.96. The van der Waals surface area contributed by atoms with E-state index in [1.165, 1.54) is 18.2 Å². The summed E-state index contributed by atoms with van der Waals surface area (Å²) in [5, 5.41) is 3.40. The number of ether oxygens (including phenoxy) is 1. The average molecular weight is 460 g/mol. The average Bonchev–Trinajstić information content (AvgIpc) is 3.53. The van der Waals surface area contributed by atoms with Crippen molar-refractivity contribution in [1.82, 2.24) is 9.80 Å². The van der Waals surface area contributed by atoms with Gasteiger partial charge in [0, 0.05) is 38.6 Å². The summed E-state index contributed by atoms with van der Waals surface area (Å²) in [6, 6.07) is 11.3. The van der Waals surface area contributed by atoms with Gasteiger partial charge in [-0.25, -0.2) is 4.39 Å². The van der Waals surface area contributed by atoms with Crippen molar-refractivity contribution in [2.45, 2.75) is 13.3 Å². The van der Waals surface area contributed by atoms with Crippen molar-refractivity contribution in [2.24, 2.45) is 11.8 Å². The number of carbonyl (C=O) groups excluding carboxylic acids is 2. The third-order valence-electron chi connectivity index (χ3n) is 6.08. The molecule has 1 aliphatic heterocycles. The Morgan fingerprint density at radius 2 is 1.88 bits per heavy atom. The Morgan fingerprint density at radius 1 is 1.16 bits per heavy atom. The van der Waals surface area contributed by atoms with Crippen molar-refractivity contribution in [1.29, 1.82) is 0 Å². The highest BCUT2D eigenvalue weighted by molar-refractivity contribution is 6.32. The number of anilines is 1. The zero-order valence-electron chi connectivity index (χ0n) is 18.0. The number of hydrogen-bond acceptors (Lipinski definition) is 4. The molecule has 2 unspecified atom stereocenters. The van der Waals surface area contributed by atoms with E-state index in [2.05, 4.69) is 10.2 Å². The number of benzene rings is 2. The first-order valence-electron chi connectivity index (χ1n) is 10.9. The van der Waals surface area contributed by atoms with Crippen molar-refractivity contribution in [2.75, 3.05) is 44.6 Å². The maximum absolute atomic E-state index is 13.9. The first-order chi connectivity index (χ1) is 15.4. The van der Waals surface area contributed by atoms with E-state index in [0.717, 1.165) is 6.42 Å². The number of nitrogens with one attached hydrogen (secondary N) is 1. The number of amides is 2. The van der Waals surface area contributed by atoms with Crippen LogP contribution in [0.25, 0.3) is 0 Å². The maximum Gasteiger partial charge on any atom is 0.256 e. The Morgan fingerprint density at radius 3 is 2.56 bits per heavy atom. The van der Waals surface area contributed by atoms with Crippen LogP contribution in [0.1, 0.15) is 23.7 Å². The van der Waals surface area contributed by atoms with Gasteiger partial charge in [0.15, 0.2) is 0 Å². The highest BCUT2D eigenvalue weighted by Gasteiger charge is 2.39. The molecule has 170 valence electrons. The Balaban J connectivity index is 1.31. The number of hydrogen-bond donors (Lipinski definition) is 1. The summed E-state index contributed by atoms with van der Waals surface area (Å²) in [6.07, 6.45) is 0.846. The van der Waals surface area contributed by atoms with Crippen LogP contribution < -0.4 is 10.1 Å². The van der Waals surface area contributed by atoms with E-state index in [1.807, 2.05) is 25.1 Å². The van der Waals surface area contributed by atoms with Crippen LogP contribution in [0.5, 0.6) is 5.75 Å². The van der Waals surface area contributed by atoms with Gasteiger partial charge in [0.25, 0.3) is 5.91 Å². The van der Waals surface area contributed by atoms with E-state index in [4.69, 9.17) is 16.3 Å². The molecule has 1 saturated heterocycles. The minimum absolute atomic E-state index is 0.0282. The SMILES string of the molecule is CC1CC1C(=O)Nc1ccc(F)cc1C(=O)N1CCN(CCOc2ccccc2Cl)CC1. The molecule has 1 aliphatic carbocycles. The molecule has 1 heterocycles. The lowest BCUT2D eigenvalue weighted by Crippen LogP contribution is -2.49. The summed E-state index contributed by atoms with van der Waals surface area (Å²) in [6.45, 7) is 5.65. The highest BCUT2D eigenvalue weighted by Crippen LogP contribution is 2.38. The Labute approximate surface area is 192 Å². The fourth-order valence-electron chi connectivity index (χ4n) is 3.91. The van der Waals surface area contributed by atoms with Crippen LogP contribution in [0.2, 0.25) is 5.02 Å². The predicted molar refractivity (Wildman–Crippen MR) is 122 cm³/mol. The van der Waals surface area contributed by atoms with Gasteiger partial charge >= 0.3 is 0 Å². The molecule has 0 aromatic heterocycles. The molecule has 2 aromatic carbocycles. The molecule has 0 radical (unpaired) electrons. The third-order valence-corrected chi connectivity index (χ3v) is 6.39. The van der Waals surface area contributed by atoms with Crippen LogP contribution in [0.4, 0.5) is 10.1 Å². The van der Waals surface area contributed by atoms with Crippen molar-refractivity contribution in [3.05, 3.63) is 58.9 Å². The summed E-state index contributed by atoms with van der Waals surface area (Å²) < 4.78 is 19.6. The zero-order chi connectivity index (χ0) is 22.7. The highest BCUT2D eigenvalue weighted by atomic mass is 35.5. The molecular formula is C24H27ClFN3O3. The number of halogens is 2.